The molecule has 3 N–H and O–H groups in total. The summed E-state index contributed by atoms with van der Waals surface area (Å²) in [6.45, 7) is 11.4. The Hall–Kier alpha value is -2.94. The Balaban J connectivity index is 3.18. The topological polar surface area (TPSA) is 142 Å². The fourth-order valence-corrected chi connectivity index (χ4v) is 3.77. The van der Waals surface area contributed by atoms with Gasteiger partial charge < -0.3 is 25.1 Å². The fourth-order valence-electron chi connectivity index (χ4n) is 3.77. The van der Waals surface area contributed by atoms with Crippen molar-refractivity contribution in [2.75, 3.05) is 0 Å². The van der Waals surface area contributed by atoms with Crippen molar-refractivity contribution >= 4 is 23.9 Å². The highest BCUT2D eigenvalue weighted by atomic mass is 16.6. The SMILES string of the molecule is CCCCC(=O)O[C@@H](C)CC(N)(Cc1ccc(OC(=O)CC(C)CC)c(OC(=O)CC(C)CC)c1)C(=O)O. The minimum atomic E-state index is -1.75. The smallest absolute Gasteiger partial charge is 0.324 e. The van der Waals surface area contributed by atoms with Gasteiger partial charge in [0.15, 0.2) is 11.5 Å². The van der Waals surface area contributed by atoms with E-state index >= 15 is 0 Å². The van der Waals surface area contributed by atoms with E-state index in [0.717, 1.165) is 19.3 Å². The fraction of sp³-hybridized carbons (Fsp3) is 0.655. The van der Waals surface area contributed by atoms with Crippen molar-refractivity contribution in [1.82, 2.24) is 0 Å². The predicted octanol–water partition coefficient (Wildman–Crippen LogP) is 5.21. The van der Waals surface area contributed by atoms with E-state index in [9.17, 15) is 24.3 Å². The van der Waals surface area contributed by atoms with Crippen LogP contribution in [0.25, 0.3) is 0 Å². The third-order valence-corrected chi connectivity index (χ3v) is 6.54. The highest BCUT2D eigenvalue weighted by molar-refractivity contribution is 5.80. The van der Waals surface area contributed by atoms with E-state index in [2.05, 4.69) is 0 Å². The molecular weight excluding hydrogens is 490 g/mol. The Bertz CT molecular complexity index is 947. The second kappa shape index (κ2) is 16.1. The lowest BCUT2D eigenvalue weighted by Gasteiger charge is -2.28. The molecule has 0 saturated carbocycles. The van der Waals surface area contributed by atoms with Gasteiger partial charge >= 0.3 is 23.9 Å². The van der Waals surface area contributed by atoms with Crippen molar-refractivity contribution in [3.05, 3.63) is 23.8 Å². The summed E-state index contributed by atoms with van der Waals surface area (Å²) in [5, 5.41) is 9.92. The van der Waals surface area contributed by atoms with Crippen molar-refractivity contribution in [1.29, 1.82) is 0 Å². The van der Waals surface area contributed by atoms with Crippen LogP contribution in [0.4, 0.5) is 0 Å². The largest absolute Gasteiger partial charge is 0.480 e. The van der Waals surface area contributed by atoms with Crippen LogP contribution >= 0.6 is 0 Å². The van der Waals surface area contributed by atoms with Crippen LogP contribution in [0.2, 0.25) is 0 Å². The zero-order chi connectivity index (χ0) is 28.9. The first-order valence-corrected chi connectivity index (χ1v) is 13.6. The van der Waals surface area contributed by atoms with Gasteiger partial charge in [-0.1, -0.05) is 59.9 Å². The molecule has 214 valence electrons. The molecule has 0 bridgehead atoms. The zero-order valence-corrected chi connectivity index (χ0v) is 23.7. The Labute approximate surface area is 226 Å². The van der Waals surface area contributed by atoms with Crippen LogP contribution in [0, 0.1) is 11.8 Å². The van der Waals surface area contributed by atoms with Gasteiger partial charge in [0.05, 0.1) is 0 Å². The molecular formula is C29H45NO8. The number of ether oxygens (including phenoxy) is 3. The Kier molecular flexibility index (Phi) is 14.0. The van der Waals surface area contributed by atoms with Gasteiger partial charge in [-0.15, -0.1) is 0 Å². The molecule has 3 unspecified atom stereocenters. The summed E-state index contributed by atoms with van der Waals surface area (Å²) in [5.41, 5.74) is 5.00. The standard InChI is InChI=1S/C29H45NO8/c1-7-10-11-25(31)36-21(6)17-29(30,28(34)35)18-22-12-13-23(37-26(32)14-19(4)8-2)24(16-22)38-27(33)15-20(5)9-3/h12-13,16,19-21H,7-11,14-15,17-18,30H2,1-6H3,(H,34,35)/t19?,20?,21-,29?/m0/s1. The van der Waals surface area contributed by atoms with Crippen LogP contribution < -0.4 is 15.2 Å². The highest BCUT2D eigenvalue weighted by Crippen LogP contribution is 2.32. The van der Waals surface area contributed by atoms with Crippen molar-refractivity contribution in [3.8, 4) is 11.5 Å². The molecule has 4 atom stereocenters. The minimum Gasteiger partial charge on any atom is -0.480 e. The number of nitrogens with two attached hydrogens (primary N) is 1. The van der Waals surface area contributed by atoms with E-state index in [-0.39, 0.29) is 55.4 Å². The maximum atomic E-state index is 12.5. The van der Waals surface area contributed by atoms with Crippen LogP contribution in [0.5, 0.6) is 11.5 Å². The summed E-state index contributed by atoms with van der Waals surface area (Å²) in [6, 6.07) is 4.54. The van der Waals surface area contributed by atoms with Gasteiger partial charge in [0, 0.05) is 32.1 Å². The van der Waals surface area contributed by atoms with Crippen molar-refractivity contribution < 1.29 is 38.5 Å². The molecule has 0 fully saturated rings. The summed E-state index contributed by atoms with van der Waals surface area (Å²) in [6.07, 6.45) is 2.81. The highest BCUT2D eigenvalue weighted by Gasteiger charge is 2.37. The first-order valence-electron chi connectivity index (χ1n) is 13.6. The normalized spacial score (nSPS) is 15.0. The number of benzene rings is 1. The molecule has 1 aromatic rings. The monoisotopic (exact) mass is 535 g/mol. The lowest BCUT2D eigenvalue weighted by atomic mass is 9.86. The minimum absolute atomic E-state index is 0.0279. The van der Waals surface area contributed by atoms with Gasteiger partial charge in [-0.2, -0.15) is 0 Å². The molecule has 0 aliphatic rings. The van der Waals surface area contributed by atoms with Gasteiger partial charge in [-0.25, -0.2) is 0 Å². The molecule has 0 heterocycles. The number of carbonyl (C=O) groups excluding carboxylic acids is 3. The molecule has 38 heavy (non-hydrogen) atoms. The summed E-state index contributed by atoms with van der Waals surface area (Å²) in [5.74, 6) is -2.25. The number of carbonyl (C=O) groups is 4. The van der Waals surface area contributed by atoms with Gasteiger partial charge in [0.25, 0.3) is 0 Å². The number of unbranched alkanes of at least 4 members (excludes halogenated alkanes) is 1. The molecule has 9 nitrogen and oxygen atoms in total. The number of aliphatic carboxylic acids is 1. The van der Waals surface area contributed by atoms with Crippen LogP contribution in [0.3, 0.4) is 0 Å². The Morgan fingerprint density at radius 2 is 1.45 bits per heavy atom. The summed E-state index contributed by atoms with van der Waals surface area (Å²) >= 11 is 0. The average molecular weight is 536 g/mol. The van der Waals surface area contributed by atoms with Crippen molar-refractivity contribution in [3.63, 3.8) is 0 Å². The van der Waals surface area contributed by atoms with Gasteiger partial charge in [-0.3, -0.25) is 19.2 Å². The Morgan fingerprint density at radius 1 is 0.895 bits per heavy atom. The summed E-state index contributed by atoms with van der Waals surface area (Å²) in [4.78, 5) is 49.1. The van der Waals surface area contributed by atoms with E-state index in [1.165, 1.54) is 12.1 Å². The molecule has 0 aliphatic heterocycles. The molecule has 0 saturated heterocycles. The molecule has 1 aromatic carbocycles. The van der Waals surface area contributed by atoms with Crippen molar-refractivity contribution in [2.45, 2.75) is 111 Å². The molecule has 0 aromatic heterocycles. The quantitative estimate of drug-likeness (QED) is 0.203. The lowest BCUT2D eigenvalue weighted by Crippen LogP contribution is -2.52. The Morgan fingerprint density at radius 3 is 1.95 bits per heavy atom. The van der Waals surface area contributed by atoms with E-state index in [1.807, 2.05) is 34.6 Å². The van der Waals surface area contributed by atoms with Gasteiger partial charge in [-0.05, 0) is 42.9 Å². The molecule has 0 radical (unpaired) electrons. The number of esters is 3. The summed E-state index contributed by atoms with van der Waals surface area (Å²) < 4.78 is 16.4. The number of rotatable bonds is 17. The van der Waals surface area contributed by atoms with E-state index in [0.29, 0.717) is 12.0 Å². The number of carboxylic acids is 1. The average Bonchev–Trinajstić information content (AvgIpc) is 2.83. The van der Waals surface area contributed by atoms with Crippen LogP contribution in [-0.4, -0.2) is 40.6 Å². The first kappa shape index (κ1) is 33.1. The van der Waals surface area contributed by atoms with Crippen LogP contribution in [0.1, 0.15) is 98.5 Å². The molecule has 0 aliphatic carbocycles. The van der Waals surface area contributed by atoms with Crippen LogP contribution in [0.15, 0.2) is 18.2 Å². The number of hydrogen-bond donors (Lipinski definition) is 2. The van der Waals surface area contributed by atoms with Crippen molar-refractivity contribution in [2.24, 2.45) is 17.6 Å². The molecule has 0 spiro atoms. The molecule has 0 amide bonds. The summed E-state index contributed by atoms with van der Waals surface area (Å²) in [7, 11) is 0. The van der Waals surface area contributed by atoms with Gasteiger partial charge in [0.1, 0.15) is 11.6 Å². The van der Waals surface area contributed by atoms with Gasteiger partial charge in [0.2, 0.25) is 0 Å². The van der Waals surface area contributed by atoms with Crippen LogP contribution in [-0.2, 0) is 30.3 Å². The number of hydrogen-bond acceptors (Lipinski definition) is 8. The molecule has 9 heteroatoms. The maximum Gasteiger partial charge on any atom is 0.324 e. The molecule has 1 rings (SSSR count). The first-order chi connectivity index (χ1) is 17.8. The van der Waals surface area contributed by atoms with E-state index in [4.69, 9.17) is 19.9 Å². The third kappa shape index (κ3) is 11.6. The van der Waals surface area contributed by atoms with E-state index < -0.39 is 35.5 Å². The number of carboxylic acid groups (broad SMARTS) is 1. The second-order valence-electron chi connectivity index (χ2n) is 10.4. The third-order valence-electron chi connectivity index (χ3n) is 6.54. The predicted molar refractivity (Wildman–Crippen MR) is 144 cm³/mol. The second-order valence-corrected chi connectivity index (χ2v) is 10.4. The maximum absolute atomic E-state index is 12.5. The zero-order valence-electron chi connectivity index (χ0n) is 23.7. The van der Waals surface area contributed by atoms with E-state index in [1.54, 1.807) is 13.0 Å². The lowest BCUT2D eigenvalue weighted by molar-refractivity contribution is -0.153.